The summed E-state index contributed by atoms with van der Waals surface area (Å²) in [6, 6.07) is 12.6. The first-order valence-electron chi connectivity index (χ1n) is 10.0. The van der Waals surface area contributed by atoms with E-state index in [1.165, 1.54) is 12.1 Å². The molecule has 0 aliphatic carbocycles. The highest BCUT2D eigenvalue weighted by molar-refractivity contribution is 6.34. The zero-order chi connectivity index (χ0) is 22.1. The highest BCUT2D eigenvalue weighted by Gasteiger charge is 2.36. The summed E-state index contributed by atoms with van der Waals surface area (Å²) in [7, 11) is 0. The van der Waals surface area contributed by atoms with Gasteiger partial charge in [-0.05, 0) is 44.2 Å². The number of benzene rings is 2. The third-order valence-corrected chi connectivity index (χ3v) is 5.23. The number of imide groups is 1. The van der Waals surface area contributed by atoms with Crippen molar-refractivity contribution < 1.29 is 28.7 Å². The maximum Gasteiger partial charge on any atom is 0.338 e. The van der Waals surface area contributed by atoms with Crippen LogP contribution in [0.1, 0.15) is 44.9 Å². The van der Waals surface area contributed by atoms with Gasteiger partial charge >= 0.3 is 5.97 Å². The molecule has 2 aromatic rings. The second kappa shape index (κ2) is 8.31. The first kappa shape index (κ1) is 20.7. The molecule has 0 spiro atoms. The minimum atomic E-state index is -0.707. The van der Waals surface area contributed by atoms with Gasteiger partial charge in [0.1, 0.15) is 0 Å². The summed E-state index contributed by atoms with van der Waals surface area (Å²) in [6.45, 7) is 4.25. The van der Waals surface area contributed by atoms with Crippen molar-refractivity contribution in [2.75, 3.05) is 24.6 Å². The predicted molar refractivity (Wildman–Crippen MR) is 111 cm³/mol. The monoisotopic (exact) mass is 422 g/mol. The summed E-state index contributed by atoms with van der Waals surface area (Å²) >= 11 is 0. The van der Waals surface area contributed by atoms with Crippen LogP contribution in [0.2, 0.25) is 0 Å². The molecular weight excluding hydrogens is 400 g/mol. The maximum absolute atomic E-state index is 12.7. The summed E-state index contributed by atoms with van der Waals surface area (Å²) in [5, 5.41) is 0. The number of carbonyl (C=O) groups is 4. The van der Waals surface area contributed by atoms with Crippen molar-refractivity contribution in [2.24, 2.45) is 0 Å². The number of anilines is 1. The number of nitrogens with zero attached hydrogens (tertiary/aromatic N) is 2. The Morgan fingerprint density at radius 1 is 0.968 bits per heavy atom. The maximum atomic E-state index is 12.7. The zero-order valence-corrected chi connectivity index (χ0v) is 17.2. The standard InChI is InChI=1S/C23H22N2O6/c1-14-11-24(12-15(2)31-14)20(26)13-30-23(29)16-6-5-7-17(10-16)25-21(27)18-8-3-4-9-19(18)22(25)28/h3-10,14-15H,11-13H2,1-2H3/t14-,15-/m0/s1. The van der Waals surface area contributed by atoms with E-state index in [0.717, 1.165) is 4.90 Å². The minimum Gasteiger partial charge on any atom is -0.452 e. The van der Waals surface area contributed by atoms with Crippen molar-refractivity contribution in [3.05, 3.63) is 65.2 Å². The first-order chi connectivity index (χ1) is 14.8. The smallest absolute Gasteiger partial charge is 0.338 e. The molecule has 1 saturated heterocycles. The number of esters is 1. The van der Waals surface area contributed by atoms with Gasteiger partial charge in [0.15, 0.2) is 6.61 Å². The van der Waals surface area contributed by atoms with Crippen LogP contribution in [-0.4, -0.2) is 60.5 Å². The van der Waals surface area contributed by atoms with Crippen LogP contribution in [0, 0.1) is 0 Å². The lowest BCUT2D eigenvalue weighted by molar-refractivity contribution is -0.146. The van der Waals surface area contributed by atoms with Gasteiger partial charge in [0.05, 0.1) is 34.6 Å². The van der Waals surface area contributed by atoms with Gasteiger partial charge in [-0.3, -0.25) is 14.4 Å². The van der Waals surface area contributed by atoms with Gasteiger partial charge in [-0.1, -0.05) is 18.2 Å². The molecule has 8 nitrogen and oxygen atoms in total. The fourth-order valence-corrected chi connectivity index (χ4v) is 3.88. The fourth-order valence-electron chi connectivity index (χ4n) is 3.88. The normalized spacial score (nSPS) is 20.6. The third-order valence-electron chi connectivity index (χ3n) is 5.23. The van der Waals surface area contributed by atoms with Gasteiger partial charge in [0.25, 0.3) is 17.7 Å². The van der Waals surface area contributed by atoms with E-state index in [1.807, 2.05) is 13.8 Å². The predicted octanol–water partition coefficient (Wildman–Crippen LogP) is 2.28. The Hall–Kier alpha value is -3.52. The third kappa shape index (κ3) is 4.06. The molecule has 2 aromatic carbocycles. The van der Waals surface area contributed by atoms with Crippen molar-refractivity contribution in [2.45, 2.75) is 26.1 Å². The van der Waals surface area contributed by atoms with Crippen LogP contribution in [0.5, 0.6) is 0 Å². The molecule has 0 aromatic heterocycles. The summed E-state index contributed by atoms with van der Waals surface area (Å²) in [4.78, 5) is 52.9. The minimum absolute atomic E-state index is 0.0836. The Kier molecular flexibility index (Phi) is 5.56. The van der Waals surface area contributed by atoms with Crippen LogP contribution in [0.3, 0.4) is 0 Å². The van der Waals surface area contributed by atoms with Crippen LogP contribution in [-0.2, 0) is 14.3 Å². The molecule has 0 N–H and O–H groups in total. The number of amides is 3. The molecule has 2 aliphatic rings. The van der Waals surface area contributed by atoms with E-state index < -0.39 is 24.4 Å². The SMILES string of the molecule is C[C@H]1CN(C(=O)COC(=O)c2cccc(N3C(=O)c4ccccc4C3=O)c2)C[C@H](C)O1. The molecule has 1 fully saturated rings. The van der Waals surface area contributed by atoms with E-state index in [9.17, 15) is 19.2 Å². The lowest BCUT2D eigenvalue weighted by atomic mass is 10.1. The number of hydrogen-bond donors (Lipinski definition) is 0. The van der Waals surface area contributed by atoms with Gasteiger partial charge in [-0.15, -0.1) is 0 Å². The molecule has 3 amide bonds. The van der Waals surface area contributed by atoms with Crippen molar-refractivity contribution in [1.82, 2.24) is 4.90 Å². The largest absolute Gasteiger partial charge is 0.452 e. The zero-order valence-electron chi connectivity index (χ0n) is 17.2. The van der Waals surface area contributed by atoms with E-state index in [1.54, 1.807) is 41.3 Å². The second-order valence-corrected chi connectivity index (χ2v) is 7.67. The number of hydrogen-bond acceptors (Lipinski definition) is 6. The fraction of sp³-hybridized carbons (Fsp3) is 0.304. The Labute approximate surface area is 179 Å². The van der Waals surface area contributed by atoms with Crippen LogP contribution < -0.4 is 4.90 Å². The Balaban J connectivity index is 1.44. The van der Waals surface area contributed by atoms with Crippen LogP contribution in [0.15, 0.2) is 48.5 Å². The van der Waals surface area contributed by atoms with Crippen LogP contribution in [0.25, 0.3) is 0 Å². The molecule has 160 valence electrons. The molecular formula is C23H22N2O6. The average Bonchev–Trinajstić information content (AvgIpc) is 3.01. The number of ether oxygens (including phenoxy) is 2. The Morgan fingerprint density at radius 2 is 1.58 bits per heavy atom. The number of carbonyl (C=O) groups excluding carboxylic acids is 4. The molecule has 0 radical (unpaired) electrons. The number of fused-ring (bicyclic) bond motifs is 1. The molecule has 0 unspecified atom stereocenters. The highest BCUT2D eigenvalue weighted by Crippen LogP contribution is 2.28. The lowest BCUT2D eigenvalue weighted by Crippen LogP contribution is -2.49. The van der Waals surface area contributed by atoms with Crippen molar-refractivity contribution in [1.29, 1.82) is 0 Å². The number of morpholine rings is 1. The van der Waals surface area contributed by atoms with E-state index in [0.29, 0.717) is 24.2 Å². The van der Waals surface area contributed by atoms with Gasteiger partial charge in [-0.2, -0.15) is 0 Å². The van der Waals surface area contributed by atoms with Gasteiger partial charge in [-0.25, -0.2) is 9.69 Å². The first-order valence-corrected chi connectivity index (χ1v) is 10.0. The summed E-state index contributed by atoms with van der Waals surface area (Å²) in [5.41, 5.74) is 1.05. The number of rotatable bonds is 4. The van der Waals surface area contributed by atoms with Gasteiger partial charge < -0.3 is 14.4 Å². The molecule has 2 atom stereocenters. The van der Waals surface area contributed by atoms with E-state index in [-0.39, 0.29) is 29.4 Å². The molecule has 2 aliphatic heterocycles. The molecule has 0 bridgehead atoms. The molecule has 8 heteroatoms. The highest BCUT2D eigenvalue weighted by atomic mass is 16.5. The van der Waals surface area contributed by atoms with E-state index >= 15 is 0 Å². The van der Waals surface area contributed by atoms with Crippen LogP contribution in [0.4, 0.5) is 5.69 Å². The average molecular weight is 422 g/mol. The van der Waals surface area contributed by atoms with Crippen molar-refractivity contribution in [3.8, 4) is 0 Å². The summed E-state index contributed by atoms with van der Waals surface area (Å²) in [5.74, 6) is -1.90. The second-order valence-electron chi connectivity index (χ2n) is 7.67. The molecule has 2 heterocycles. The Morgan fingerprint density at radius 3 is 2.19 bits per heavy atom. The lowest BCUT2D eigenvalue weighted by Gasteiger charge is -2.35. The van der Waals surface area contributed by atoms with E-state index in [4.69, 9.17) is 9.47 Å². The molecule has 4 rings (SSSR count). The Bertz CT molecular complexity index is 1020. The van der Waals surface area contributed by atoms with Crippen molar-refractivity contribution >= 4 is 29.4 Å². The quantitative estimate of drug-likeness (QED) is 0.554. The van der Waals surface area contributed by atoms with Gasteiger partial charge in [0, 0.05) is 13.1 Å². The topological polar surface area (TPSA) is 93.2 Å². The molecule has 0 saturated carbocycles. The van der Waals surface area contributed by atoms with Crippen LogP contribution >= 0.6 is 0 Å². The van der Waals surface area contributed by atoms with E-state index in [2.05, 4.69) is 0 Å². The summed E-state index contributed by atoms with van der Waals surface area (Å²) in [6.07, 6.45) is -0.167. The van der Waals surface area contributed by atoms with Gasteiger partial charge in [0.2, 0.25) is 0 Å². The summed E-state index contributed by atoms with van der Waals surface area (Å²) < 4.78 is 10.8. The van der Waals surface area contributed by atoms with Crippen molar-refractivity contribution in [3.63, 3.8) is 0 Å². The molecule has 31 heavy (non-hydrogen) atoms.